The Balaban J connectivity index is 2.58. The molecular weight excluding hydrogens is 248 g/mol. The number of aliphatic hydroxyl groups excluding tert-OH is 1. The lowest BCUT2D eigenvalue weighted by molar-refractivity contribution is 0.262. The van der Waals surface area contributed by atoms with Gasteiger partial charge in [0.1, 0.15) is 5.75 Å². The van der Waals surface area contributed by atoms with Crippen molar-refractivity contribution in [2.24, 2.45) is 0 Å². The van der Waals surface area contributed by atoms with Crippen molar-refractivity contribution in [1.82, 2.24) is 10.2 Å². The second-order valence-electron chi connectivity index (χ2n) is 4.09. The predicted octanol–water partition coefficient (Wildman–Crippen LogP) is 1.55. The number of aliphatic hydroxyl groups is 1. The van der Waals surface area contributed by atoms with E-state index in [1.807, 2.05) is 43.1 Å². The number of likely N-dealkylation sites (N-methyl/N-ethyl adjacent to an activating group) is 1. The fourth-order valence-electron chi connectivity index (χ4n) is 1.52. The zero-order valence-corrected chi connectivity index (χ0v) is 11.8. The second kappa shape index (κ2) is 7.18. The van der Waals surface area contributed by atoms with Gasteiger partial charge in [-0.25, -0.2) is 0 Å². The zero-order chi connectivity index (χ0) is 13.5. The molecule has 0 aliphatic rings. The minimum absolute atomic E-state index is 0.0925. The molecule has 0 aliphatic heterocycles. The highest BCUT2D eigenvalue weighted by Gasteiger charge is 2.09. The minimum Gasteiger partial charge on any atom is -0.497 e. The lowest BCUT2D eigenvalue weighted by atomic mass is 10.1. The van der Waals surface area contributed by atoms with Gasteiger partial charge in [-0.15, -0.1) is 0 Å². The fraction of sp³-hybridized carbons (Fsp3) is 0.462. The van der Waals surface area contributed by atoms with Gasteiger partial charge in [-0.2, -0.15) is 0 Å². The molecule has 0 radical (unpaired) electrons. The molecule has 1 rings (SSSR count). The lowest BCUT2D eigenvalue weighted by Gasteiger charge is -2.23. The maximum Gasteiger partial charge on any atom is 0.169 e. The molecule has 100 valence electrons. The number of ether oxygens (including phenoxy) is 1. The van der Waals surface area contributed by atoms with Gasteiger partial charge in [0.05, 0.1) is 19.8 Å². The van der Waals surface area contributed by atoms with E-state index < -0.39 is 0 Å². The number of methoxy groups -OCH3 is 1. The van der Waals surface area contributed by atoms with Crippen LogP contribution in [0.2, 0.25) is 0 Å². The summed E-state index contributed by atoms with van der Waals surface area (Å²) in [5, 5.41) is 12.7. The summed E-state index contributed by atoms with van der Waals surface area (Å²) in [6, 6.07) is 7.97. The van der Waals surface area contributed by atoms with Gasteiger partial charge in [-0.1, -0.05) is 12.1 Å². The summed E-state index contributed by atoms with van der Waals surface area (Å²) in [6.07, 6.45) is 0. The molecule has 0 amide bonds. The van der Waals surface area contributed by atoms with Crippen LogP contribution >= 0.6 is 12.2 Å². The van der Waals surface area contributed by atoms with Gasteiger partial charge >= 0.3 is 0 Å². The van der Waals surface area contributed by atoms with E-state index in [1.165, 1.54) is 0 Å². The molecule has 0 bridgehead atoms. The summed E-state index contributed by atoms with van der Waals surface area (Å²) in [5.74, 6) is 0.839. The zero-order valence-electron chi connectivity index (χ0n) is 11.0. The molecule has 0 saturated carbocycles. The molecule has 0 fully saturated rings. The van der Waals surface area contributed by atoms with Crippen molar-refractivity contribution in [3.05, 3.63) is 29.8 Å². The molecule has 1 atom stereocenters. The highest BCUT2D eigenvalue weighted by molar-refractivity contribution is 7.80. The average molecular weight is 268 g/mol. The summed E-state index contributed by atoms with van der Waals surface area (Å²) in [5.41, 5.74) is 1.13. The van der Waals surface area contributed by atoms with Gasteiger partial charge in [-0.05, 0) is 36.8 Å². The molecule has 2 N–H and O–H groups in total. The van der Waals surface area contributed by atoms with Gasteiger partial charge in [0.2, 0.25) is 0 Å². The van der Waals surface area contributed by atoms with E-state index in [2.05, 4.69) is 5.32 Å². The standard InChI is InChI=1S/C13H20N2O2S/c1-10(14-13(18)15(2)8-9-16)11-4-6-12(17-3)7-5-11/h4-7,10,16H,8-9H2,1-3H3,(H,14,18). The van der Waals surface area contributed by atoms with Crippen LogP contribution in [0.15, 0.2) is 24.3 Å². The first kappa shape index (κ1) is 14.7. The van der Waals surface area contributed by atoms with Crippen LogP contribution in [0.3, 0.4) is 0 Å². The maximum absolute atomic E-state index is 8.85. The van der Waals surface area contributed by atoms with E-state index in [9.17, 15) is 0 Å². The summed E-state index contributed by atoms with van der Waals surface area (Å²) >= 11 is 5.25. The Morgan fingerprint density at radius 3 is 2.56 bits per heavy atom. The van der Waals surface area contributed by atoms with Crippen molar-refractivity contribution in [3.8, 4) is 5.75 Å². The molecule has 0 aromatic heterocycles. The van der Waals surface area contributed by atoms with E-state index in [-0.39, 0.29) is 12.6 Å². The molecule has 0 saturated heterocycles. The topological polar surface area (TPSA) is 44.7 Å². The predicted molar refractivity (Wildman–Crippen MR) is 76.9 cm³/mol. The Hall–Kier alpha value is -1.33. The van der Waals surface area contributed by atoms with Crippen LogP contribution in [0.4, 0.5) is 0 Å². The smallest absolute Gasteiger partial charge is 0.169 e. The largest absolute Gasteiger partial charge is 0.497 e. The normalized spacial score (nSPS) is 11.8. The van der Waals surface area contributed by atoms with Gasteiger partial charge in [0.15, 0.2) is 5.11 Å². The average Bonchev–Trinajstić information content (AvgIpc) is 2.39. The first-order chi connectivity index (χ1) is 8.58. The monoisotopic (exact) mass is 268 g/mol. The Morgan fingerprint density at radius 2 is 2.06 bits per heavy atom. The van der Waals surface area contributed by atoms with Crippen LogP contribution in [-0.4, -0.2) is 42.4 Å². The number of hydrogen-bond donors (Lipinski definition) is 2. The fourth-order valence-corrected chi connectivity index (χ4v) is 1.79. The lowest BCUT2D eigenvalue weighted by Crippen LogP contribution is -2.39. The number of thiocarbonyl (C=S) groups is 1. The molecule has 4 nitrogen and oxygen atoms in total. The van der Waals surface area contributed by atoms with Gasteiger partial charge in [0.25, 0.3) is 0 Å². The quantitative estimate of drug-likeness (QED) is 0.793. The number of benzene rings is 1. The van der Waals surface area contributed by atoms with Gasteiger partial charge in [0, 0.05) is 13.6 Å². The van der Waals surface area contributed by atoms with Gasteiger partial charge < -0.3 is 20.1 Å². The Bertz CT molecular complexity index is 381. The summed E-state index contributed by atoms with van der Waals surface area (Å²) < 4.78 is 5.12. The SMILES string of the molecule is COc1ccc(C(C)NC(=S)N(C)CCO)cc1. The third-order valence-electron chi connectivity index (χ3n) is 2.74. The third kappa shape index (κ3) is 4.16. The number of rotatable bonds is 5. The molecule has 1 aromatic rings. The highest BCUT2D eigenvalue weighted by atomic mass is 32.1. The third-order valence-corrected chi connectivity index (χ3v) is 3.17. The van der Waals surface area contributed by atoms with Crippen LogP contribution in [0.25, 0.3) is 0 Å². The van der Waals surface area contributed by atoms with Crippen molar-refractivity contribution in [2.45, 2.75) is 13.0 Å². The summed E-state index contributed by atoms with van der Waals surface area (Å²) in [4.78, 5) is 1.81. The second-order valence-corrected chi connectivity index (χ2v) is 4.48. The van der Waals surface area contributed by atoms with Crippen LogP contribution < -0.4 is 10.1 Å². The molecule has 1 unspecified atom stereocenters. The van der Waals surface area contributed by atoms with Crippen molar-refractivity contribution < 1.29 is 9.84 Å². The van der Waals surface area contributed by atoms with Crippen LogP contribution in [-0.2, 0) is 0 Å². The van der Waals surface area contributed by atoms with E-state index in [1.54, 1.807) is 7.11 Å². The molecule has 1 aromatic carbocycles. The molecular formula is C13H20N2O2S. The Kier molecular flexibility index (Phi) is 5.88. The van der Waals surface area contributed by atoms with E-state index in [4.69, 9.17) is 22.1 Å². The van der Waals surface area contributed by atoms with Crippen LogP contribution in [0, 0.1) is 0 Å². The van der Waals surface area contributed by atoms with Crippen LogP contribution in [0.5, 0.6) is 5.75 Å². The van der Waals surface area contributed by atoms with E-state index >= 15 is 0 Å². The molecule has 0 heterocycles. The van der Waals surface area contributed by atoms with Crippen molar-refractivity contribution >= 4 is 17.3 Å². The first-order valence-corrected chi connectivity index (χ1v) is 6.25. The number of nitrogens with one attached hydrogen (secondary N) is 1. The van der Waals surface area contributed by atoms with Gasteiger partial charge in [-0.3, -0.25) is 0 Å². The molecule has 18 heavy (non-hydrogen) atoms. The van der Waals surface area contributed by atoms with Crippen molar-refractivity contribution in [3.63, 3.8) is 0 Å². The molecule has 0 spiro atoms. The van der Waals surface area contributed by atoms with Crippen LogP contribution in [0.1, 0.15) is 18.5 Å². The van der Waals surface area contributed by atoms with E-state index in [0.29, 0.717) is 11.7 Å². The minimum atomic E-state index is 0.0925. The summed E-state index contributed by atoms with van der Waals surface area (Å²) in [6.45, 7) is 2.66. The first-order valence-electron chi connectivity index (χ1n) is 5.85. The Labute approximate surface area is 114 Å². The highest BCUT2D eigenvalue weighted by Crippen LogP contribution is 2.17. The molecule has 5 heteroatoms. The van der Waals surface area contributed by atoms with E-state index in [0.717, 1.165) is 11.3 Å². The van der Waals surface area contributed by atoms with Crippen molar-refractivity contribution in [2.75, 3.05) is 27.3 Å². The Morgan fingerprint density at radius 1 is 1.44 bits per heavy atom. The molecule has 0 aliphatic carbocycles. The number of hydrogen-bond acceptors (Lipinski definition) is 3. The maximum atomic E-state index is 8.85. The number of nitrogens with zero attached hydrogens (tertiary/aromatic N) is 1. The van der Waals surface area contributed by atoms with Crippen molar-refractivity contribution in [1.29, 1.82) is 0 Å². The summed E-state index contributed by atoms with van der Waals surface area (Å²) in [7, 11) is 3.50.